The number of aryl methyl sites for hydroxylation is 1. The van der Waals surface area contributed by atoms with Crippen LogP contribution in [-0.4, -0.2) is 22.9 Å². The standard InChI is InChI=1S/C22H20N2O2/c25-21-20(14-13-16-7-2-1-3-8-16)23-22(26)24(21)15-18-11-6-10-17-9-4-5-12-19(17)18/h1-12,20H,13-15H2,(H,23,26)/t20-/m1/s1. The molecule has 1 aliphatic heterocycles. The summed E-state index contributed by atoms with van der Waals surface area (Å²) in [4.78, 5) is 26.4. The van der Waals surface area contributed by atoms with E-state index in [1.54, 1.807) is 0 Å². The van der Waals surface area contributed by atoms with Gasteiger partial charge < -0.3 is 5.32 Å². The van der Waals surface area contributed by atoms with Gasteiger partial charge in [0.15, 0.2) is 0 Å². The molecule has 0 spiro atoms. The number of rotatable bonds is 5. The van der Waals surface area contributed by atoms with E-state index in [1.807, 2.05) is 72.8 Å². The van der Waals surface area contributed by atoms with Gasteiger partial charge in [0.25, 0.3) is 5.91 Å². The van der Waals surface area contributed by atoms with Crippen molar-refractivity contribution in [1.29, 1.82) is 0 Å². The molecule has 3 amide bonds. The first-order valence-electron chi connectivity index (χ1n) is 8.85. The second-order valence-electron chi connectivity index (χ2n) is 6.59. The van der Waals surface area contributed by atoms with Gasteiger partial charge in [0, 0.05) is 0 Å². The van der Waals surface area contributed by atoms with E-state index in [4.69, 9.17) is 0 Å². The highest BCUT2D eigenvalue weighted by Crippen LogP contribution is 2.22. The maximum Gasteiger partial charge on any atom is 0.325 e. The molecule has 0 aromatic heterocycles. The molecule has 0 aliphatic carbocycles. The van der Waals surface area contributed by atoms with Gasteiger partial charge in [-0.1, -0.05) is 72.8 Å². The molecular formula is C22H20N2O2. The summed E-state index contributed by atoms with van der Waals surface area (Å²) in [5, 5.41) is 5.01. The topological polar surface area (TPSA) is 49.4 Å². The van der Waals surface area contributed by atoms with Gasteiger partial charge in [0.1, 0.15) is 6.04 Å². The second-order valence-corrected chi connectivity index (χ2v) is 6.59. The smallest absolute Gasteiger partial charge is 0.325 e. The van der Waals surface area contributed by atoms with E-state index in [9.17, 15) is 9.59 Å². The van der Waals surface area contributed by atoms with E-state index >= 15 is 0 Å². The Morgan fingerprint density at radius 1 is 0.846 bits per heavy atom. The Morgan fingerprint density at radius 3 is 2.42 bits per heavy atom. The molecular weight excluding hydrogens is 324 g/mol. The summed E-state index contributed by atoms with van der Waals surface area (Å²) in [5.74, 6) is -0.140. The Labute approximate surface area is 152 Å². The van der Waals surface area contributed by atoms with E-state index in [0.29, 0.717) is 13.0 Å². The van der Waals surface area contributed by atoms with Crippen LogP contribution in [0.2, 0.25) is 0 Å². The molecule has 0 saturated carbocycles. The first kappa shape index (κ1) is 16.3. The van der Waals surface area contributed by atoms with E-state index in [0.717, 1.165) is 22.8 Å². The number of fused-ring (bicyclic) bond motifs is 1. The molecule has 1 atom stereocenters. The number of amides is 3. The number of hydrogen-bond acceptors (Lipinski definition) is 2. The predicted molar refractivity (Wildman–Crippen MR) is 102 cm³/mol. The molecule has 130 valence electrons. The molecule has 4 heteroatoms. The first-order valence-corrected chi connectivity index (χ1v) is 8.85. The van der Waals surface area contributed by atoms with Crippen molar-refractivity contribution in [3.63, 3.8) is 0 Å². The van der Waals surface area contributed by atoms with Crippen LogP contribution in [0.4, 0.5) is 4.79 Å². The van der Waals surface area contributed by atoms with Crippen molar-refractivity contribution >= 4 is 22.7 Å². The number of benzene rings is 3. The van der Waals surface area contributed by atoms with Crippen LogP contribution in [0.3, 0.4) is 0 Å². The first-order chi connectivity index (χ1) is 12.7. The Kier molecular flexibility index (Phi) is 4.40. The molecule has 26 heavy (non-hydrogen) atoms. The highest BCUT2D eigenvalue weighted by atomic mass is 16.2. The molecule has 1 N–H and O–H groups in total. The normalized spacial score (nSPS) is 16.9. The largest absolute Gasteiger partial charge is 0.326 e. The Bertz CT molecular complexity index is 947. The van der Waals surface area contributed by atoms with Crippen molar-refractivity contribution in [3.05, 3.63) is 83.9 Å². The average molecular weight is 344 g/mol. The van der Waals surface area contributed by atoms with E-state index in [1.165, 1.54) is 10.5 Å². The van der Waals surface area contributed by atoms with Gasteiger partial charge in [-0.15, -0.1) is 0 Å². The molecule has 0 bridgehead atoms. The van der Waals surface area contributed by atoms with Crippen LogP contribution in [0.5, 0.6) is 0 Å². The number of hydrogen-bond donors (Lipinski definition) is 1. The summed E-state index contributed by atoms with van der Waals surface area (Å²) in [6.07, 6.45) is 1.38. The van der Waals surface area contributed by atoms with Crippen LogP contribution in [0.1, 0.15) is 17.5 Å². The maximum atomic E-state index is 12.7. The van der Waals surface area contributed by atoms with Gasteiger partial charge in [-0.25, -0.2) is 4.79 Å². The summed E-state index contributed by atoms with van der Waals surface area (Å²) in [6, 6.07) is 23.2. The Hall–Kier alpha value is -3.14. The third-order valence-corrected chi connectivity index (χ3v) is 4.88. The SMILES string of the molecule is O=C1N[C@H](CCc2ccccc2)C(=O)N1Cc1cccc2ccccc12. The van der Waals surface area contributed by atoms with E-state index in [2.05, 4.69) is 5.32 Å². The monoisotopic (exact) mass is 344 g/mol. The molecule has 4 nitrogen and oxygen atoms in total. The summed E-state index contributed by atoms with van der Waals surface area (Å²) < 4.78 is 0. The fourth-order valence-electron chi connectivity index (χ4n) is 3.48. The zero-order valence-corrected chi connectivity index (χ0v) is 14.4. The quantitative estimate of drug-likeness (QED) is 0.714. The average Bonchev–Trinajstić information content (AvgIpc) is 2.95. The van der Waals surface area contributed by atoms with Crippen molar-refractivity contribution in [2.45, 2.75) is 25.4 Å². The van der Waals surface area contributed by atoms with Gasteiger partial charge in [-0.2, -0.15) is 0 Å². The highest BCUT2D eigenvalue weighted by Gasteiger charge is 2.37. The lowest BCUT2D eigenvalue weighted by molar-refractivity contribution is -0.127. The van der Waals surface area contributed by atoms with Gasteiger partial charge in [-0.05, 0) is 34.7 Å². The zero-order chi connectivity index (χ0) is 17.9. The fraction of sp³-hybridized carbons (Fsp3) is 0.182. The van der Waals surface area contributed by atoms with Crippen LogP contribution >= 0.6 is 0 Å². The van der Waals surface area contributed by atoms with Gasteiger partial charge in [0.05, 0.1) is 6.54 Å². The molecule has 1 aliphatic rings. The second kappa shape index (κ2) is 7.00. The fourth-order valence-corrected chi connectivity index (χ4v) is 3.48. The molecule has 3 aromatic carbocycles. The summed E-state index contributed by atoms with van der Waals surface area (Å²) in [5.41, 5.74) is 2.15. The lowest BCUT2D eigenvalue weighted by atomic mass is 10.0. The van der Waals surface area contributed by atoms with Crippen molar-refractivity contribution in [3.8, 4) is 0 Å². The van der Waals surface area contributed by atoms with Crippen molar-refractivity contribution in [2.75, 3.05) is 0 Å². The molecule has 1 saturated heterocycles. The van der Waals surface area contributed by atoms with Gasteiger partial charge in [0.2, 0.25) is 0 Å². The number of nitrogens with zero attached hydrogens (tertiary/aromatic N) is 1. The van der Waals surface area contributed by atoms with Crippen LogP contribution < -0.4 is 5.32 Å². The number of urea groups is 1. The highest BCUT2D eigenvalue weighted by molar-refractivity contribution is 6.04. The number of carbonyl (C=O) groups is 2. The van der Waals surface area contributed by atoms with Crippen LogP contribution in [0.15, 0.2) is 72.8 Å². The number of imide groups is 1. The van der Waals surface area contributed by atoms with Gasteiger partial charge >= 0.3 is 6.03 Å². The van der Waals surface area contributed by atoms with Crippen molar-refractivity contribution in [1.82, 2.24) is 10.2 Å². The zero-order valence-electron chi connectivity index (χ0n) is 14.4. The molecule has 3 aromatic rings. The summed E-state index contributed by atoms with van der Waals surface area (Å²) in [6.45, 7) is 0.299. The predicted octanol–water partition coefficient (Wildman–Crippen LogP) is 3.89. The minimum Gasteiger partial charge on any atom is -0.326 e. The summed E-state index contributed by atoms with van der Waals surface area (Å²) in [7, 11) is 0. The molecule has 0 radical (unpaired) electrons. The third-order valence-electron chi connectivity index (χ3n) is 4.88. The third kappa shape index (κ3) is 3.18. The van der Waals surface area contributed by atoms with Crippen molar-refractivity contribution < 1.29 is 9.59 Å². The Morgan fingerprint density at radius 2 is 1.58 bits per heavy atom. The molecule has 4 rings (SSSR count). The maximum absolute atomic E-state index is 12.7. The van der Waals surface area contributed by atoms with Crippen LogP contribution in [0, 0.1) is 0 Å². The minimum absolute atomic E-state index is 0.140. The van der Waals surface area contributed by atoms with Crippen LogP contribution in [-0.2, 0) is 17.8 Å². The van der Waals surface area contributed by atoms with E-state index in [-0.39, 0.29) is 11.9 Å². The van der Waals surface area contributed by atoms with Gasteiger partial charge in [-0.3, -0.25) is 9.69 Å². The molecule has 1 fully saturated rings. The van der Waals surface area contributed by atoms with E-state index < -0.39 is 6.04 Å². The minimum atomic E-state index is -0.447. The lowest BCUT2D eigenvalue weighted by Gasteiger charge is -2.15. The summed E-state index contributed by atoms with van der Waals surface area (Å²) >= 11 is 0. The van der Waals surface area contributed by atoms with Crippen LogP contribution in [0.25, 0.3) is 10.8 Å². The van der Waals surface area contributed by atoms with Crippen molar-refractivity contribution in [2.24, 2.45) is 0 Å². The Balaban J connectivity index is 1.49. The number of nitrogens with one attached hydrogen (secondary N) is 1. The molecule has 1 heterocycles. The molecule has 0 unspecified atom stereocenters. The number of carbonyl (C=O) groups excluding carboxylic acids is 2. The lowest BCUT2D eigenvalue weighted by Crippen LogP contribution is -2.31.